The third kappa shape index (κ3) is 4.13. The van der Waals surface area contributed by atoms with Gasteiger partial charge in [-0.3, -0.25) is 4.79 Å². The quantitative estimate of drug-likeness (QED) is 0.609. The lowest BCUT2D eigenvalue weighted by molar-refractivity contribution is -0.136. The highest BCUT2D eigenvalue weighted by Crippen LogP contribution is 2.33. The van der Waals surface area contributed by atoms with Gasteiger partial charge >= 0.3 is 0 Å². The van der Waals surface area contributed by atoms with Gasteiger partial charge in [-0.2, -0.15) is 0 Å². The van der Waals surface area contributed by atoms with Crippen LogP contribution in [-0.2, 0) is 4.79 Å². The third-order valence-electron chi connectivity index (χ3n) is 6.61. The number of anilines is 2. The Morgan fingerprint density at radius 2 is 1.77 bits per heavy atom. The van der Waals surface area contributed by atoms with Gasteiger partial charge in [0, 0.05) is 66.1 Å². The summed E-state index contributed by atoms with van der Waals surface area (Å²) in [4.78, 5) is 26.2. The molecule has 0 aliphatic carbocycles. The van der Waals surface area contributed by atoms with E-state index in [1.54, 1.807) is 0 Å². The Kier molecular flexibility index (Phi) is 5.57. The number of carbonyl (C=O) groups is 1. The smallest absolute Gasteiger partial charge is 0.227 e. The third-order valence-corrected chi connectivity index (χ3v) is 7.62. The Morgan fingerprint density at radius 1 is 1.00 bits per heavy atom. The number of amides is 1. The van der Waals surface area contributed by atoms with Gasteiger partial charge < -0.3 is 14.7 Å². The van der Waals surface area contributed by atoms with E-state index >= 15 is 0 Å². The number of pyridine rings is 1. The Morgan fingerprint density at radius 3 is 2.55 bits per heavy atom. The summed E-state index contributed by atoms with van der Waals surface area (Å²) in [5.74, 6) is 1.43. The Bertz CT molecular complexity index is 1070. The molecule has 0 saturated carbocycles. The minimum absolute atomic E-state index is 0.0662. The van der Waals surface area contributed by atoms with Crippen molar-refractivity contribution in [3.8, 4) is 0 Å². The van der Waals surface area contributed by atoms with E-state index in [-0.39, 0.29) is 5.92 Å². The number of rotatable bonds is 3. The van der Waals surface area contributed by atoms with E-state index in [9.17, 15) is 4.79 Å². The second-order valence-corrected chi connectivity index (χ2v) is 10.1. The second kappa shape index (κ2) is 8.50. The summed E-state index contributed by atoms with van der Waals surface area (Å²) in [6, 6.07) is 13.0. The number of piperazine rings is 1. The van der Waals surface area contributed by atoms with Gasteiger partial charge in [0.05, 0.1) is 5.92 Å². The zero-order valence-corrected chi connectivity index (χ0v) is 19.2. The van der Waals surface area contributed by atoms with E-state index in [0.29, 0.717) is 5.91 Å². The monoisotopic (exact) mass is 434 g/mol. The van der Waals surface area contributed by atoms with Crippen molar-refractivity contribution in [2.24, 2.45) is 5.92 Å². The lowest BCUT2D eigenvalue weighted by atomic mass is 9.96. The van der Waals surface area contributed by atoms with Crippen LogP contribution in [0.3, 0.4) is 0 Å². The predicted octanol–water partition coefficient (Wildman–Crippen LogP) is 4.48. The van der Waals surface area contributed by atoms with E-state index in [4.69, 9.17) is 4.98 Å². The Labute approximate surface area is 188 Å². The number of aryl methyl sites for hydroxylation is 2. The van der Waals surface area contributed by atoms with Crippen LogP contribution in [0.2, 0.25) is 0 Å². The summed E-state index contributed by atoms with van der Waals surface area (Å²) in [7, 11) is 0. The van der Waals surface area contributed by atoms with Gasteiger partial charge in [0.2, 0.25) is 5.91 Å². The van der Waals surface area contributed by atoms with Gasteiger partial charge in [0.1, 0.15) is 5.82 Å². The van der Waals surface area contributed by atoms with Crippen LogP contribution in [0.25, 0.3) is 10.1 Å². The lowest BCUT2D eigenvalue weighted by Crippen LogP contribution is -2.52. The van der Waals surface area contributed by atoms with E-state index in [1.807, 2.05) is 17.5 Å². The molecule has 1 aromatic carbocycles. The molecule has 0 radical (unpaired) electrons. The number of piperidine rings is 1. The molecule has 5 nitrogen and oxygen atoms in total. The number of nitrogens with zero attached hydrogens (tertiary/aromatic N) is 4. The summed E-state index contributed by atoms with van der Waals surface area (Å²) in [6.07, 6.45) is 3.93. The van der Waals surface area contributed by atoms with Gasteiger partial charge in [-0.1, -0.05) is 17.7 Å². The number of hydrogen-bond acceptors (Lipinski definition) is 5. The fraction of sp³-hybridized carbons (Fsp3) is 0.440. The molecule has 1 atom stereocenters. The first kappa shape index (κ1) is 20.3. The maximum Gasteiger partial charge on any atom is 0.227 e. The fourth-order valence-electron chi connectivity index (χ4n) is 4.90. The molecule has 162 valence electrons. The number of aromatic nitrogens is 1. The van der Waals surface area contributed by atoms with Crippen LogP contribution in [0.4, 0.5) is 11.5 Å². The van der Waals surface area contributed by atoms with Crippen LogP contribution in [0, 0.1) is 19.8 Å². The maximum absolute atomic E-state index is 13.3. The normalized spacial score (nSPS) is 19.8. The molecule has 2 aliphatic heterocycles. The highest BCUT2D eigenvalue weighted by Gasteiger charge is 2.32. The predicted molar refractivity (Wildman–Crippen MR) is 129 cm³/mol. The molecular formula is C25H30N4OS. The average Bonchev–Trinajstić information content (AvgIpc) is 3.19. The molecule has 2 saturated heterocycles. The zero-order chi connectivity index (χ0) is 21.4. The average molecular weight is 435 g/mol. The van der Waals surface area contributed by atoms with Crippen molar-refractivity contribution < 1.29 is 4.79 Å². The molecule has 2 aromatic heterocycles. The number of thiophene rings is 1. The largest absolute Gasteiger partial charge is 0.368 e. The highest BCUT2D eigenvalue weighted by molar-refractivity contribution is 7.19. The zero-order valence-electron chi connectivity index (χ0n) is 18.4. The van der Waals surface area contributed by atoms with Crippen LogP contribution < -0.4 is 9.80 Å². The summed E-state index contributed by atoms with van der Waals surface area (Å²) < 4.78 is 1.28. The Hall–Kier alpha value is -2.60. The number of benzene rings is 1. The minimum Gasteiger partial charge on any atom is -0.368 e. The van der Waals surface area contributed by atoms with Crippen LogP contribution in [0.1, 0.15) is 23.3 Å². The molecule has 31 heavy (non-hydrogen) atoms. The van der Waals surface area contributed by atoms with Gasteiger partial charge in [-0.15, -0.1) is 11.3 Å². The molecule has 1 unspecified atom stereocenters. The van der Waals surface area contributed by atoms with Crippen molar-refractivity contribution in [1.29, 1.82) is 0 Å². The van der Waals surface area contributed by atoms with E-state index < -0.39 is 0 Å². The van der Waals surface area contributed by atoms with Crippen LogP contribution in [-0.4, -0.2) is 55.1 Å². The molecule has 4 heterocycles. The van der Waals surface area contributed by atoms with Crippen molar-refractivity contribution in [1.82, 2.24) is 9.88 Å². The van der Waals surface area contributed by atoms with Crippen molar-refractivity contribution in [3.63, 3.8) is 0 Å². The van der Waals surface area contributed by atoms with E-state index in [1.165, 1.54) is 26.2 Å². The summed E-state index contributed by atoms with van der Waals surface area (Å²) in [5, 5.41) is 1.23. The van der Waals surface area contributed by atoms with Crippen LogP contribution >= 0.6 is 11.3 Å². The van der Waals surface area contributed by atoms with E-state index in [0.717, 1.165) is 57.9 Å². The number of hydrogen-bond donors (Lipinski definition) is 0. The standard InChI is InChI=1S/C25H30N4OS/c1-18-5-7-21(8-6-18)27-12-14-28(15-13-27)25(30)20-4-3-11-29(17-20)24-22-16-19(2)31-23(22)9-10-26-24/h5-10,16,20H,3-4,11-15,17H2,1-2H3. The van der Waals surface area contributed by atoms with Crippen LogP contribution in [0.15, 0.2) is 42.6 Å². The van der Waals surface area contributed by atoms with Crippen LogP contribution in [0.5, 0.6) is 0 Å². The minimum atomic E-state index is 0.0662. The molecule has 6 heteroatoms. The van der Waals surface area contributed by atoms with Gasteiger partial charge in [0.15, 0.2) is 0 Å². The summed E-state index contributed by atoms with van der Waals surface area (Å²) in [6.45, 7) is 9.43. The van der Waals surface area contributed by atoms with Crippen molar-refractivity contribution in [2.45, 2.75) is 26.7 Å². The lowest BCUT2D eigenvalue weighted by Gasteiger charge is -2.40. The van der Waals surface area contributed by atoms with Crippen molar-refractivity contribution in [2.75, 3.05) is 49.1 Å². The fourth-order valence-corrected chi connectivity index (χ4v) is 5.81. The maximum atomic E-state index is 13.3. The molecule has 5 rings (SSSR count). The molecule has 0 spiro atoms. The molecule has 0 N–H and O–H groups in total. The summed E-state index contributed by atoms with van der Waals surface area (Å²) in [5.41, 5.74) is 2.54. The topological polar surface area (TPSA) is 39.7 Å². The number of carbonyl (C=O) groups excluding carboxylic acids is 1. The first-order chi connectivity index (χ1) is 15.1. The van der Waals surface area contributed by atoms with Gasteiger partial charge in [-0.05, 0) is 51.0 Å². The molecule has 0 bridgehead atoms. The van der Waals surface area contributed by atoms with Crippen molar-refractivity contribution >= 4 is 38.8 Å². The summed E-state index contributed by atoms with van der Waals surface area (Å²) >= 11 is 1.81. The highest BCUT2D eigenvalue weighted by atomic mass is 32.1. The molecule has 1 amide bonds. The first-order valence-corrected chi connectivity index (χ1v) is 12.1. The molecule has 2 fully saturated rings. The Balaban J connectivity index is 1.24. The van der Waals surface area contributed by atoms with Gasteiger partial charge in [-0.25, -0.2) is 4.98 Å². The van der Waals surface area contributed by atoms with E-state index in [2.05, 4.69) is 64.9 Å². The number of fused-ring (bicyclic) bond motifs is 1. The van der Waals surface area contributed by atoms with Crippen molar-refractivity contribution in [3.05, 3.63) is 53.0 Å². The molecule has 2 aliphatic rings. The van der Waals surface area contributed by atoms with Gasteiger partial charge in [0.25, 0.3) is 0 Å². The molecular weight excluding hydrogens is 404 g/mol. The SMILES string of the molecule is Cc1ccc(N2CCN(C(=O)C3CCCN(c4nccc5sc(C)cc45)C3)CC2)cc1. The second-order valence-electron chi connectivity index (χ2n) is 8.84. The first-order valence-electron chi connectivity index (χ1n) is 11.3. The molecule has 3 aromatic rings.